The SMILES string of the molecule is CC/C=C\C/C=C\C/C=C\C/C=C\C/C=C\C/C=C\C/C=C\C/C=C\C/C=C\C/C=C\CCCCCCCCC(=O)OC(COC(=O)CCCCCCCCCCCCCCCCCCCCC/C=C\C/C=C\C/C=C\C/C=C\C/C=C\CC)COC(OCC[N+](C)(C)C)C(=O)[O-]. The first-order valence-corrected chi connectivity index (χ1v) is 38.9. The van der Waals surface area contributed by atoms with Gasteiger partial charge in [-0.2, -0.15) is 0 Å². The molecule has 0 rings (SSSR count). The highest BCUT2D eigenvalue weighted by Gasteiger charge is 2.22. The number of esters is 2. The summed E-state index contributed by atoms with van der Waals surface area (Å²) in [5, 5.41) is 11.9. The highest BCUT2D eigenvalue weighted by Crippen LogP contribution is 2.17. The second kappa shape index (κ2) is 76.1. The van der Waals surface area contributed by atoms with Gasteiger partial charge in [-0.05, 0) is 135 Å². The Morgan fingerprint density at radius 1 is 0.309 bits per heavy atom. The molecule has 2 unspecified atom stereocenters. The van der Waals surface area contributed by atoms with Crippen molar-refractivity contribution in [2.45, 2.75) is 309 Å². The van der Waals surface area contributed by atoms with Crippen LogP contribution in [0.4, 0.5) is 0 Å². The number of allylic oxidation sites excluding steroid dienone is 30. The zero-order valence-corrected chi connectivity index (χ0v) is 62.6. The molecule has 0 saturated heterocycles. The number of hydrogen-bond donors (Lipinski definition) is 0. The maximum Gasteiger partial charge on any atom is 0.306 e. The highest BCUT2D eigenvalue weighted by molar-refractivity contribution is 5.70. The number of carbonyl (C=O) groups is 3. The molecule has 548 valence electrons. The Kier molecular flexibility index (Phi) is 71.7. The summed E-state index contributed by atoms with van der Waals surface area (Å²) >= 11 is 0. The number of hydrogen-bond acceptors (Lipinski definition) is 8. The van der Waals surface area contributed by atoms with Crippen molar-refractivity contribution in [3.63, 3.8) is 0 Å². The second-order valence-corrected chi connectivity index (χ2v) is 26.5. The summed E-state index contributed by atoms with van der Waals surface area (Å²) in [5.41, 5.74) is 0. The summed E-state index contributed by atoms with van der Waals surface area (Å²) in [5.74, 6) is -2.31. The van der Waals surface area contributed by atoms with Gasteiger partial charge in [0.1, 0.15) is 13.2 Å². The molecule has 9 nitrogen and oxygen atoms in total. The fourth-order valence-electron chi connectivity index (χ4n) is 10.3. The Bertz CT molecular complexity index is 2260. The standard InChI is InChI=1S/C88H143NO8/c1-6-8-10-12-14-16-18-20-22-24-26-28-30-32-34-36-38-40-42-43-45-47-49-51-53-55-57-59-61-63-65-67-69-71-73-75-77-79-86(91)97-84(83-96-88(87(92)93)94-81-80-89(3,4)5)82-95-85(90)78-76-74-72-70-68-66-64-62-60-58-56-54-52-50-48-46-44-41-39-37-35-33-31-29-27-25-23-21-19-17-15-13-11-9-7-2/h8-11,14-17,20-23,26-29,32-35,38,40,43,45,49,51,55,57,61,63,84,88H,6-7,12-13,18-19,24-25,30-31,36-37,39,41-42,44,46-48,50,52-54,56,58-60,62,64-83H2,1-5H3/b10-8-,11-9-,16-14-,17-15-,22-20-,23-21-,28-26-,29-27-,34-32-,35-33-,40-38-,45-43-,51-49-,57-55-,63-61-. The minimum atomic E-state index is -1.64. The minimum Gasteiger partial charge on any atom is -0.545 e. The second-order valence-electron chi connectivity index (χ2n) is 26.5. The quantitative estimate of drug-likeness (QED) is 0.0195. The van der Waals surface area contributed by atoms with Gasteiger partial charge >= 0.3 is 11.9 Å². The molecule has 0 aromatic rings. The first-order chi connectivity index (χ1) is 47.6. The van der Waals surface area contributed by atoms with E-state index in [1.54, 1.807) is 0 Å². The van der Waals surface area contributed by atoms with Crippen LogP contribution >= 0.6 is 0 Å². The molecule has 0 aromatic heterocycles. The molecule has 0 bridgehead atoms. The van der Waals surface area contributed by atoms with Crippen LogP contribution < -0.4 is 5.11 Å². The van der Waals surface area contributed by atoms with E-state index >= 15 is 0 Å². The summed E-state index contributed by atoms with van der Waals surface area (Å²) in [4.78, 5) is 37.6. The molecule has 0 fully saturated rings. The van der Waals surface area contributed by atoms with E-state index < -0.39 is 24.3 Å². The first-order valence-electron chi connectivity index (χ1n) is 38.9. The van der Waals surface area contributed by atoms with Gasteiger partial charge in [0, 0.05) is 12.8 Å². The van der Waals surface area contributed by atoms with Gasteiger partial charge in [-0.1, -0.05) is 331 Å². The Balaban J connectivity index is 4.14. The van der Waals surface area contributed by atoms with Gasteiger partial charge in [-0.15, -0.1) is 0 Å². The van der Waals surface area contributed by atoms with Crippen LogP contribution in [-0.2, 0) is 33.3 Å². The van der Waals surface area contributed by atoms with E-state index in [0.717, 1.165) is 154 Å². The number of carboxylic acid groups (broad SMARTS) is 1. The van der Waals surface area contributed by atoms with Gasteiger partial charge in [0.2, 0.25) is 0 Å². The van der Waals surface area contributed by atoms with Gasteiger partial charge < -0.3 is 33.3 Å². The summed E-state index contributed by atoms with van der Waals surface area (Å²) in [6.07, 6.45) is 113. The molecule has 0 radical (unpaired) electrons. The minimum absolute atomic E-state index is 0.137. The molecule has 0 aromatic carbocycles. The third-order valence-electron chi connectivity index (χ3n) is 16.1. The lowest BCUT2D eigenvalue weighted by atomic mass is 10.0. The van der Waals surface area contributed by atoms with Crippen LogP contribution in [0.15, 0.2) is 182 Å². The predicted molar refractivity (Wildman–Crippen MR) is 416 cm³/mol. The van der Waals surface area contributed by atoms with Crippen LogP contribution in [-0.4, -0.2) is 82.3 Å². The summed E-state index contributed by atoms with van der Waals surface area (Å²) in [6, 6.07) is 0. The Morgan fingerprint density at radius 2 is 0.557 bits per heavy atom. The molecule has 9 heteroatoms. The van der Waals surface area contributed by atoms with Crippen molar-refractivity contribution in [1.29, 1.82) is 0 Å². The monoisotopic (exact) mass is 1340 g/mol. The third-order valence-corrected chi connectivity index (χ3v) is 16.1. The number of carbonyl (C=O) groups excluding carboxylic acids is 3. The Morgan fingerprint density at radius 3 is 0.825 bits per heavy atom. The molecule has 0 N–H and O–H groups in total. The lowest BCUT2D eigenvalue weighted by Crippen LogP contribution is -2.44. The molecule has 0 saturated carbocycles. The van der Waals surface area contributed by atoms with E-state index in [1.165, 1.54) is 109 Å². The predicted octanol–water partition coefficient (Wildman–Crippen LogP) is 23.8. The molecule has 0 spiro atoms. The average Bonchev–Trinajstić information content (AvgIpc) is 3.11. The van der Waals surface area contributed by atoms with E-state index in [9.17, 15) is 19.5 Å². The number of unbranched alkanes of at least 4 members (excludes halogenated alkanes) is 25. The van der Waals surface area contributed by atoms with Gasteiger partial charge in [0.25, 0.3) is 0 Å². The number of aliphatic carboxylic acids is 1. The van der Waals surface area contributed by atoms with Crippen LogP contribution in [0.1, 0.15) is 296 Å². The number of quaternary nitrogens is 1. The van der Waals surface area contributed by atoms with Crippen molar-refractivity contribution in [1.82, 2.24) is 0 Å². The van der Waals surface area contributed by atoms with Crippen LogP contribution in [0.2, 0.25) is 0 Å². The Labute approximate surface area is 596 Å². The normalized spacial score (nSPS) is 13.7. The number of nitrogens with zero attached hydrogens (tertiary/aromatic N) is 1. The van der Waals surface area contributed by atoms with Crippen molar-refractivity contribution in [3.05, 3.63) is 182 Å². The van der Waals surface area contributed by atoms with Crippen molar-refractivity contribution < 1.29 is 42.9 Å². The smallest absolute Gasteiger partial charge is 0.306 e. The topological polar surface area (TPSA) is 111 Å². The van der Waals surface area contributed by atoms with E-state index in [2.05, 4.69) is 196 Å². The number of rotatable bonds is 70. The highest BCUT2D eigenvalue weighted by atomic mass is 16.7. The van der Waals surface area contributed by atoms with E-state index in [0.29, 0.717) is 17.4 Å². The molecule has 0 amide bonds. The van der Waals surface area contributed by atoms with Crippen LogP contribution in [0.25, 0.3) is 0 Å². The van der Waals surface area contributed by atoms with Crippen LogP contribution in [0, 0.1) is 0 Å². The van der Waals surface area contributed by atoms with Crippen LogP contribution in [0.5, 0.6) is 0 Å². The zero-order chi connectivity index (χ0) is 70.4. The van der Waals surface area contributed by atoms with Gasteiger partial charge in [0.05, 0.1) is 40.3 Å². The summed E-state index contributed by atoms with van der Waals surface area (Å²) in [7, 11) is 5.92. The maximum absolute atomic E-state index is 13.0. The van der Waals surface area contributed by atoms with Gasteiger partial charge in [-0.3, -0.25) is 9.59 Å². The fraction of sp³-hybridized carbons (Fsp3) is 0.625. The van der Waals surface area contributed by atoms with Gasteiger partial charge in [0.15, 0.2) is 12.4 Å². The lowest BCUT2D eigenvalue weighted by molar-refractivity contribution is -0.870. The summed E-state index contributed by atoms with van der Waals surface area (Å²) in [6.45, 7) is 4.50. The number of ether oxygens (including phenoxy) is 4. The molecule has 0 heterocycles. The van der Waals surface area contributed by atoms with Crippen molar-refractivity contribution >= 4 is 17.9 Å². The molecule has 0 aliphatic rings. The maximum atomic E-state index is 13.0. The largest absolute Gasteiger partial charge is 0.545 e. The zero-order valence-electron chi connectivity index (χ0n) is 62.6. The van der Waals surface area contributed by atoms with E-state index in [4.69, 9.17) is 18.9 Å². The molecule has 2 atom stereocenters. The van der Waals surface area contributed by atoms with E-state index in [1.807, 2.05) is 21.1 Å². The third kappa shape index (κ3) is 77.6. The average molecular weight is 1340 g/mol. The van der Waals surface area contributed by atoms with Crippen molar-refractivity contribution in [3.8, 4) is 0 Å². The number of likely N-dealkylation sites (N-methyl/N-ethyl adjacent to an activating group) is 1. The molecule has 97 heavy (non-hydrogen) atoms. The fourth-order valence-corrected chi connectivity index (χ4v) is 10.3. The Hall–Kier alpha value is -5.61. The first kappa shape index (κ1) is 91.4. The van der Waals surface area contributed by atoms with Gasteiger partial charge in [-0.25, -0.2) is 0 Å². The molecular weight excluding hydrogens is 1200 g/mol. The van der Waals surface area contributed by atoms with Crippen molar-refractivity contribution in [2.24, 2.45) is 0 Å². The number of carboxylic acids is 1. The molecular formula is C88H143NO8. The lowest BCUT2D eigenvalue weighted by Gasteiger charge is -2.26. The molecule has 0 aliphatic heterocycles. The van der Waals surface area contributed by atoms with E-state index in [-0.39, 0.29) is 38.6 Å². The van der Waals surface area contributed by atoms with Crippen molar-refractivity contribution in [2.75, 3.05) is 47.5 Å². The van der Waals surface area contributed by atoms with Crippen LogP contribution in [0.3, 0.4) is 0 Å². The summed E-state index contributed by atoms with van der Waals surface area (Å²) < 4.78 is 22.8. The molecule has 0 aliphatic carbocycles.